The minimum atomic E-state index is 0.541. The van der Waals surface area contributed by atoms with Crippen molar-refractivity contribution in [3.63, 3.8) is 0 Å². The zero-order valence-electron chi connectivity index (χ0n) is 27.1. The molecule has 0 spiro atoms. The van der Waals surface area contributed by atoms with Crippen molar-refractivity contribution < 1.29 is 9.47 Å². The van der Waals surface area contributed by atoms with Gasteiger partial charge in [0.1, 0.15) is 11.2 Å². The highest BCUT2D eigenvalue weighted by molar-refractivity contribution is 6.15. The Morgan fingerprint density at radius 1 is 0.800 bits per heavy atom. The largest absolute Gasteiger partial charge is 0.453 e. The molecule has 2 aromatic heterocycles. The molecule has 6 heteroatoms. The monoisotopic (exact) mass is 644 g/mol. The summed E-state index contributed by atoms with van der Waals surface area (Å²) in [7, 11) is 0. The summed E-state index contributed by atoms with van der Waals surface area (Å²) in [6.45, 7) is 1.99. The van der Waals surface area contributed by atoms with Gasteiger partial charge in [-0.05, 0) is 67.5 Å². The average molecular weight is 645 g/mol. The zero-order valence-corrected chi connectivity index (χ0v) is 27.1. The molecule has 0 atom stereocenters. The van der Waals surface area contributed by atoms with Crippen LogP contribution in [0.15, 0.2) is 145 Å². The van der Waals surface area contributed by atoms with Gasteiger partial charge >= 0.3 is 0 Å². The molecule has 0 N–H and O–H groups in total. The van der Waals surface area contributed by atoms with Crippen molar-refractivity contribution in [1.29, 1.82) is 0 Å². The van der Waals surface area contributed by atoms with Crippen LogP contribution in [0.2, 0.25) is 0 Å². The van der Waals surface area contributed by atoms with Crippen LogP contribution in [-0.2, 0) is 0 Å². The lowest BCUT2D eigenvalue weighted by Gasteiger charge is -2.38. The first kappa shape index (κ1) is 28.2. The van der Waals surface area contributed by atoms with Gasteiger partial charge in [-0.1, -0.05) is 90.9 Å². The quantitative estimate of drug-likeness (QED) is 0.141. The lowest BCUT2D eigenvalue weighted by atomic mass is 9.97. The van der Waals surface area contributed by atoms with Crippen molar-refractivity contribution in [2.24, 2.45) is 0 Å². The van der Waals surface area contributed by atoms with Gasteiger partial charge in [-0.15, -0.1) is 6.42 Å². The Bertz CT molecular complexity index is 2760. The van der Waals surface area contributed by atoms with Gasteiger partial charge in [0.05, 0.1) is 28.1 Å². The van der Waals surface area contributed by atoms with E-state index in [-0.39, 0.29) is 0 Å². The molecule has 0 saturated carbocycles. The second kappa shape index (κ2) is 10.8. The Kier molecular flexibility index (Phi) is 6.12. The first-order valence-corrected chi connectivity index (χ1v) is 16.6. The van der Waals surface area contributed by atoms with Crippen LogP contribution in [0.1, 0.15) is 19.0 Å². The number of aromatic nitrogens is 3. The van der Waals surface area contributed by atoms with Gasteiger partial charge in [-0.25, -0.2) is 9.97 Å². The smallest absolute Gasteiger partial charge is 0.235 e. The molecular formula is C44H28N4O2. The molecule has 0 amide bonds. The predicted molar refractivity (Wildman–Crippen MR) is 201 cm³/mol. The molecule has 1 aliphatic carbocycles. The maximum absolute atomic E-state index is 6.91. The Morgan fingerprint density at radius 3 is 2.32 bits per heavy atom. The minimum absolute atomic E-state index is 0.541. The summed E-state index contributed by atoms with van der Waals surface area (Å²) >= 11 is 0. The summed E-state index contributed by atoms with van der Waals surface area (Å²) in [5.74, 6) is 6.42. The molecule has 50 heavy (non-hydrogen) atoms. The standard InChI is InChI=1S/C44H28N4O2/c1-3-5-15-27(4-2)28-18-14-19-30(28)40-31-17-6-8-20-33(31)45-44(46-40)48-34-21-9-7-16-29(34)32-26-39-42-43(41(32)48)50-38-25-13-11-23-36(38)47(42)35-22-10-12-24-37(35)49-39/h2-3,5-17,19-26H,18H2,1H3/b5-3-,27-15+. The maximum Gasteiger partial charge on any atom is 0.235 e. The van der Waals surface area contributed by atoms with Crippen LogP contribution in [0, 0.1) is 12.3 Å². The summed E-state index contributed by atoms with van der Waals surface area (Å²) in [6, 6.07) is 34.9. The molecule has 0 bridgehead atoms. The Morgan fingerprint density at radius 2 is 1.52 bits per heavy atom. The Balaban J connectivity index is 1.31. The fraction of sp³-hybridized carbons (Fsp3) is 0.0455. The first-order valence-electron chi connectivity index (χ1n) is 16.6. The van der Waals surface area contributed by atoms with Crippen molar-refractivity contribution in [2.75, 3.05) is 4.90 Å². The molecule has 0 radical (unpaired) electrons. The molecule has 5 aromatic carbocycles. The van der Waals surface area contributed by atoms with E-state index in [9.17, 15) is 0 Å². The van der Waals surface area contributed by atoms with E-state index in [4.69, 9.17) is 25.9 Å². The van der Waals surface area contributed by atoms with Gasteiger partial charge < -0.3 is 9.47 Å². The van der Waals surface area contributed by atoms with Gasteiger partial charge in [-0.2, -0.15) is 0 Å². The number of para-hydroxylation sites is 6. The fourth-order valence-electron chi connectivity index (χ4n) is 7.49. The number of rotatable bonds is 4. The second-order valence-electron chi connectivity index (χ2n) is 12.4. The van der Waals surface area contributed by atoms with Gasteiger partial charge in [0, 0.05) is 27.3 Å². The number of hydrogen-bond acceptors (Lipinski definition) is 5. The SMILES string of the molecule is C#C/C(=C\C=C/C)C1=C(c2nc(-n3c4ccccc4c4cc5c6c(c43)Oc3ccccc3N6c3ccccc3O5)nc3ccccc23)C=CC1. The number of hydrogen-bond donors (Lipinski definition) is 0. The van der Waals surface area contributed by atoms with E-state index in [0.29, 0.717) is 11.7 Å². The number of allylic oxidation sites excluding steroid dienone is 8. The number of fused-ring (bicyclic) bond motifs is 9. The molecular weight excluding hydrogens is 617 g/mol. The Hall–Kier alpha value is -6.84. The number of terminal acetylenes is 1. The van der Waals surface area contributed by atoms with Crippen molar-refractivity contribution in [2.45, 2.75) is 13.3 Å². The molecule has 0 unspecified atom stereocenters. The van der Waals surface area contributed by atoms with E-state index in [0.717, 1.165) is 95.9 Å². The van der Waals surface area contributed by atoms with E-state index in [1.165, 1.54) is 0 Å². The summed E-state index contributed by atoms with van der Waals surface area (Å²) < 4.78 is 15.7. The summed E-state index contributed by atoms with van der Waals surface area (Å²) in [6.07, 6.45) is 17.0. The summed E-state index contributed by atoms with van der Waals surface area (Å²) in [5.41, 5.74) is 9.14. The van der Waals surface area contributed by atoms with Crippen LogP contribution in [0.3, 0.4) is 0 Å². The lowest BCUT2D eigenvalue weighted by molar-refractivity contribution is 0.449. The third-order valence-corrected chi connectivity index (χ3v) is 9.63. The fourth-order valence-corrected chi connectivity index (χ4v) is 7.49. The second-order valence-corrected chi connectivity index (χ2v) is 12.4. The van der Waals surface area contributed by atoms with Crippen molar-refractivity contribution >= 4 is 55.3 Å². The number of nitrogens with zero attached hydrogens (tertiary/aromatic N) is 4. The van der Waals surface area contributed by atoms with Crippen molar-refractivity contribution in [3.05, 3.63) is 150 Å². The highest BCUT2D eigenvalue weighted by Crippen LogP contribution is 2.62. The molecule has 7 aromatic rings. The molecule has 4 heterocycles. The molecule has 10 rings (SSSR count). The highest BCUT2D eigenvalue weighted by atomic mass is 16.5. The van der Waals surface area contributed by atoms with E-state index >= 15 is 0 Å². The third-order valence-electron chi connectivity index (χ3n) is 9.63. The maximum atomic E-state index is 6.91. The van der Waals surface area contributed by atoms with Crippen LogP contribution < -0.4 is 14.4 Å². The normalized spacial score (nSPS) is 14.6. The van der Waals surface area contributed by atoms with Gasteiger partial charge in [-0.3, -0.25) is 9.47 Å². The van der Waals surface area contributed by atoms with Gasteiger partial charge in [0.2, 0.25) is 5.95 Å². The zero-order chi connectivity index (χ0) is 33.3. The first-order chi connectivity index (χ1) is 24.7. The molecule has 3 aliphatic rings. The molecule has 0 saturated heterocycles. The molecule has 2 aliphatic heterocycles. The number of benzene rings is 5. The average Bonchev–Trinajstić information content (AvgIpc) is 3.78. The van der Waals surface area contributed by atoms with E-state index in [1.54, 1.807) is 0 Å². The lowest BCUT2D eigenvalue weighted by Crippen LogP contribution is -2.20. The molecule has 6 nitrogen and oxygen atoms in total. The number of anilines is 3. The highest BCUT2D eigenvalue weighted by Gasteiger charge is 2.37. The minimum Gasteiger partial charge on any atom is -0.453 e. The summed E-state index contributed by atoms with van der Waals surface area (Å²) in [4.78, 5) is 12.9. The van der Waals surface area contributed by atoms with Crippen molar-refractivity contribution in [3.8, 4) is 41.3 Å². The van der Waals surface area contributed by atoms with E-state index in [1.807, 2.05) is 85.8 Å². The van der Waals surface area contributed by atoms with Crippen LogP contribution >= 0.6 is 0 Å². The van der Waals surface area contributed by atoms with Crippen molar-refractivity contribution in [1.82, 2.24) is 14.5 Å². The van der Waals surface area contributed by atoms with Crippen LogP contribution in [0.5, 0.6) is 23.0 Å². The topological polar surface area (TPSA) is 52.4 Å². The van der Waals surface area contributed by atoms with E-state index < -0.39 is 0 Å². The third kappa shape index (κ3) is 3.98. The van der Waals surface area contributed by atoms with E-state index in [2.05, 4.69) is 70.0 Å². The molecule has 0 fully saturated rings. The predicted octanol–water partition coefficient (Wildman–Crippen LogP) is 11.3. The molecule has 236 valence electrons. The van der Waals surface area contributed by atoms with Gasteiger partial charge in [0.25, 0.3) is 0 Å². The van der Waals surface area contributed by atoms with Crippen LogP contribution in [-0.4, -0.2) is 14.5 Å². The summed E-state index contributed by atoms with van der Waals surface area (Å²) in [5, 5.41) is 2.98. The Labute approximate surface area is 288 Å². The van der Waals surface area contributed by atoms with Gasteiger partial charge in [0.15, 0.2) is 23.0 Å². The van der Waals surface area contributed by atoms with Crippen LogP contribution in [0.25, 0.3) is 44.2 Å². The number of ether oxygens (including phenoxy) is 2. The van der Waals surface area contributed by atoms with Crippen LogP contribution in [0.4, 0.5) is 17.1 Å².